The summed E-state index contributed by atoms with van der Waals surface area (Å²) in [5.41, 5.74) is 0. The van der Waals surface area contributed by atoms with Crippen molar-refractivity contribution in [3.05, 3.63) is 0 Å². The lowest BCUT2D eigenvalue weighted by molar-refractivity contribution is -0.0295. The molecule has 0 aliphatic heterocycles. The molecule has 0 aliphatic rings. The highest BCUT2D eigenvalue weighted by Gasteiger charge is 2.20. The minimum atomic E-state index is -1.18. The standard InChI is InChI=1S/C4H8Br2O2/c1-2-3-4(5,7)8-6/h7H,2-3H2,1H3. The molecule has 0 aromatic carbocycles. The Hall–Kier alpha value is 0.880. The molecule has 1 atom stereocenters. The zero-order valence-corrected chi connectivity index (χ0v) is 7.70. The molecule has 8 heavy (non-hydrogen) atoms. The normalized spacial score (nSPS) is 18.0. The molecular formula is C4H8Br2O2. The first-order valence-corrected chi connectivity index (χ1v) is 3.77. The first-order valence-electron chi connectivity index (χ1n) is 2.33. The van der Waals surface area contributed by atoms with E-state index in [4.69, 9.17) is 5.11 Å². The van der Waals surface area contributed by atoms with Crippen molar-refractivity contribution in [2.45, 2.75) is 24.5 Å². The summed E-state index contributed by atoms with van der Waals surface area (Å²) < 4.78 is 3.28. The fourth-order valence-electron chi connectivity index (χ4n) is 0.347. The summed E-state index contributed by atoms with van der Waals surface area (Å²) in [7, 11) is 0. The van der Waals surface area contributed by atoms with Gasteiger partial charge in [-0.05, 0) is 15.9 Å². The predicted molar refractivity (Wildman–Crippen MR) is 38.8 cm³/mol. The molecule has 50 valence electrons. The molecular weight excluding hydrogens is 240 g/mol. The molecule has 1 N–H and O–H groups in total. The second-order valence-corrected chi connectivity index (χ2v) is 3.08. The minimum Gasteiger partial charge on any atom is -0.356 e. The van der Waals surface area contributed by atoms with Crippen molar-refractivity contribution in [2.24, 2.45) is 0 Å². The first kappa shape index (κ1) is 8.88. The zero-order valence-electron chi connectivity index (χ0n) is 4.53. The SMILES string of the molecule is CCCC(O)(Br)OBr. The Bertz CT molecular complexity index is 65.1. The van der Waals surface area contributed by atoms with Gasteiger partial charge in [0.05, 0.1) is 0 Å². The lowest BCUT2D eigenvalue weighted by Gasteiger charge is -2.14. The molecule has 0 saturated carbocycles. The highest BCUT2D eigenvalue weighted by Crippen LogP contribution is 2.23. The van der Waals surface area contributed by atoms with E-state index in [1.54, 1.807) is 0 Å². The third kappa shape index (κ3) is 3.83. The fourth-order valence-corrected chi connectivity index (χ4v) is 0.905. The van der Waals surface area contributed by atoms with Crippen LogP contribution in [0.2, 0.25) is 0 Å². The van der Waals surface area contributed by atoms with E-state index in [0.29, 0.717) is 6.42 Å². The molecule has 2 nitrogen and oxygen atoms in total. The van der Waals surface area contributed by atoms with E-state index in [9.17, 15) is 0 Å². The number of rotatable bonds is 3. The predicted octanol–water partition coefficient (Wildman–Crippen LogP) is 2.15. The molecule has 4 heteroatoms. The van der Waals surface area contributed by atoms with Gasteiger partial charge in [-0.25, -0.2) is 0 Å². The second kappa shape index (κ2) is 3.82. The van der Waals surface area contributed by atoms with Crippen LogP contribution in [0.15, 0.2) is 0 Å². The van der Waals surface area contributed by atoms with Gasteiger partial charge >= 0.3 is 0 Å². The van der Waals surface area contributed by atoms with E-state index in [2.05, 4.69) is 36.0 Å². The number of alkyl halides is 1. The van der Waals surface area contributed by atoms with Gasteiger partial charge in [-0.1, -0.05) is 13.3 Å². The number of hydrogen-bond donors (Lipinski definition) is 1. The van der Waals surface area contributed by atoms with Gasteiger partial charge < -0.3 is 5.11 Å². The van der Waals surface area contributed by atoms with E-state index >= 15 is 0 Å². The largest absolute Gasteiger partial charge is 0.356 e. The Labute approximate surface area is 65.8 Å². The summed E-state index contributed by atoms with van der Waals surface area (Å²) in [5.74, 6) is 0. The van der Waals surface area contributed by atoms with Gasteiger partial charge in [0, 0.05) is 6.42 Å². The van der Waals surface area contributed by atoms with Gasteiger partial charge in [-0.3, -0.25) is 3.83 Å². The average molecular weight is 248 g/mol. The Kier molecular flexibility index (Phi) is 4.24. The van der Waals surface area contributed by atoms with Gasteiger partial charge in [-0.2, -0.15) is 0 Å². The van der Waals surface area contributed by atoms with Crippen LogP contribution in [-0.4, -0.2) is 9.80 Å². The highest BCUT2D eigenvalue weighted by molar-refractivity contribution is 9.10. The minimum absolute atomic E-state index is 0.568. The molecule has 0 radical (unpaired) electrons. The maximum Gasteiger partial charge on any atom is 0.235 e. The highest BCUT2D eigenvalue weighted by atomic mass is 79.9. The smallest absolute Gasteiger partial charge is 0.235 e. The molecule has 0 bridgehead atoms. The molecule has 0 amide bonds. The molecule has 0 aliphatic carbocycles. The summed E-state index contributed by atoms with van der Waals surface area (Å²) in [5, 5.41) is 8.97. The Morgan fingerprint density at radius 1 is 1.75 bits per heavy atom. The third-order valence-corrected chi connectivity index (χ3v) is 2.20. The lowest BCUT2D eigenvalue weighted by atomic mass is 10.3. The van der Waals surface area contributed by atoms with E-state index in [0.717, 1.165) is 6.42 Å². The van der Waals surface area contributed by atoms with Crippen molar-refractivity contribution in [2.75, 3.05) is 0 Å². The van der Waals surface area contributed by atoms with Crippen LogP contribution in [0, 0.1) is 0 Å². The van der Waals surface area contributed by atoms with Crippen LogP contribution < -0.4 is 0 Å². The maximum atomic E-state index is 8.97. The van der Waals surface area contributed by atoms with Crippen molar-refractivity contribution < 1.29 is 8.93 Å². The van der Waals surface area contributed by atoms with Crippen LogP contribution in [0.1, 0.15) is 19.8 Å². The monoisotopic (exact) mass is 246 g/mol. The topological polar surface area (TPSA) is 29.5 Å². The van der Waals surface area contributed by atoms with E-state index in [1.165, 1.54) is 0 Å². The quantitative estimate of drug-likeness (QED) is 0.612. The van der Waals surface area contributed by atoms with Crippen LogP contribution in [-0.2, 0) is 3.83 Å². The summed E-state index contributed by atoms with van der Waals surface area (Å²) in [4.78, 5) is 0. The van der Waals surface area contributed by atoms with Crippen molar-refractivity contribution in [1.29, 1.82) is 0 Å². The number of hydrogen-bond acceptors (Lipinski definition) is 2. The molecule has 0 heterocycles. The molecule has 0 aromatic heterocycles. The average Bonchev–Trinajstić information content (AvgIpc) is 1.67. The van der Waals surface area contributed by atoms with Crippen LogP contribution in [0.3, 0.4) is 0 Å². The lowest BCUT2D eigenvalue weighted by Crippen LogP contribution is -2.18. The van der Waals surface area contributed by atoms with Crippen LogP contribution in [0.5, 0.6) is 0 Å². The summed E-state index contributed by atoms with van der Waals surface area (Å²) >= 11 is 5.60. The van der Waals surface area contributed by atoms with Crippen molar-refractivity contribution in [1.82, 2.24) is 0 Å². The molecule has 0 saturated heterocycles. The molecule has 1 unspecified atom stereocenters. The van der Waals surface area contributed by atoms with Crippen LogP contribution in [0.4, 0.5) is 0 Å². The number of aliphatic hydroxyl groups is 1. The Balaban J connectivity index is 3.37. The molecule has 0 spiro atoms. The Morgan fingerprint density at radius 2 is 2.25 bits per heavy atom. The maximum absolute atomic E-state index is 8.97. The van der Waals surface area contributed by atoms with Gasteiger partial charge in [0.25, 0.3) is 0 Å². The fraction of sp³-hybridized carbons (Fsp3) is 1.00. The molecule has 0 aromatic rings. The summed E-state index contributed by atoms with van der Waals surface area (Å²) in [6.45, 7) is 1.96. The summed E-state index contributed by atoms with van der Waals surface area (Å²) in [6.07, 6.45) is 1.44. The molecule has 0 fully saturated rings. The van der Waals surface area contributed by atoms with E-state index < -0.39 is 4.70 Å². The molecule has 0 rings (SSSR count). The number of halogens is 2. The summed E-state index contributed by atoms with van der Waals surface area (Å²) in [6, 6.07) is 0. The van der Waals surface area contributed by atoms with Gasteiger partial charge in [-0.15, -0.1) is 0 Å². The van der Waals surface area contributed by atoms with Crippen LogP contribution in [0.25, 0.3) is 0 Å². The van der Waals surface area contributed by atoms with Gasteiger partial charge in [0.2, 0.25) is 4.70 Å². The Morgan fingerprint density at radius 3 is 2.38 bits per heavy atom. The van der Waals surface area contributed by atoms with Gasteiger partial charge in [0.15, 0.2) is 0 Å². The zero-order chi connectivity index (χ0) is 6.62. The van der Waals surface area contributed by atoms with Crippen molar-refractivity contribution in [3.8, 4) is 0 Å². The van der Waals surface area contributed by atoms with Gasteiger partial charge in [0.1, 0.15) is 16.3 Å². The van der Waals surface area contributed by atoms with E-state index in [-0.39, 0.29) is 0 Å². The first-order chi connectivity index (χ1) is 3.62. The third-order valence-electron chi connectivity index (χ3n) is 0.677. The van der Waals surface area contributed by atoms with Crippen molar-refractivity contribution >= 4 is 32.2 Å². The van der Waals surface area contributed by atoms with E-state index in [1.807, 2.05) is 6.92 Å². The van der Waals surface area contributed by atoms with Crippen molar-refractivity contribution in [3.63, 3.8) is 0 Å². The van der Waals surface area contributed by atoms with Crippen LogP contribution >= 0.6 is 32.2 Å². The second-order valence-electron chi connectivity index (χ2n) is 1.52.